The molecule has 0 saturated carbocycles. The molecule has 0 aromatic heterocycles. The molecule has 0 saturated heterocycles. The molecule has 3 rings (SSSR count). The predicted octanol–water partition coefficient (Wildman–Crippen LogP) is 5.37. The number of benzene rings is 3. The third-order valence-corrected chi connectivity index (χ3v) is 7.27. The lowest BCUT2D eigenvalue weighted by atomic mass is 10.1. The molecule has 0 heterocycles. The van der Waals surface area contributed by atoms with Gasteiger partial charge in [-0.15, -0.1) is 0 Å². The Bertz CT molecular complexity index is 1180. The van der Waals surface area contributed by atoms with Crippen molar-refractivity contribution >= 4 is 39.1 Å². The first kappa shape index (κ1) is 24.3. The zero-order valence-corrected chi connectivity index (χ0v) is 20.1. The highest BCUT2D eigenvalue weighted by Crippen LogP contribution is 2.21. The van der Waals surface area contributed by atoms with Gasteiger partial charge in [0.05, 0.1) is 17.5 Å². The molecule has 0 aliphatic heterocycles. The number of carbonyl (C=O) groups is 1. The van der Waals surface area contributed by atoms with E-state index >= 15 is 0 Å². The molecule has 1 atom stereocenters. The average molecular weight is 491 g/mol. The van der Waals surface area contributed by atoms with E-state index < -0.39 is 15.9 Å². The van der Waals surface area contributed by atoms with Gasteiger partial charge in [0.2, 0.25) is 15.9 Å². The third kappa shape index (κ3) is 6.33. The normalized spacial score (nSPS) is 12.5. The largest absolute Gasteiger partial charge is 0.348 e. The lowest BCUT2D eigenvalue weighted by Gasteiger charge is -2.23. The van der Waals surface area contributed by atoms with Crippen LogP contribution < -0.4 is 5.32 Å². The van der Waals surface area contributed by atoms with Crippen LogP contribution in [0.1, 0.15) is 29.7 Å². The van der Waals surface area contributed by atoms with Gasteiger partial charge in [-0.3, -0.25) is 4.79 Å². The highest BCUT2D eigenvalue weighted by molar-refractivity contribution is 7.89. The smallest absolute Gasteiger partial charge is 0.243 e. The van der Waals surface area contributed by atoms with Gasteiger partial charge in [-0.05, 0) is 61.4 Å². The Morgan fingerprint density at radius 3 is 2.16 bits per heavy atom. The predicted molar refractivity (Wildman–Crippen MR) is 128 cm³/mol. The van der Waals surface area contributed by atoms with Gasteiger partial charge in [-0.1, -0.05) is 65.2 Å². The number of halogens is 2. The first-order chi connectivity index (χ1) is 15.1. The maximum absolute atomic E-state index is 13.3. The van der Waals surface area contributed by atoms with Crippen LogP contribution in [-0.2, 0) is 21.4 Å². The van der Waals surface area contributed by atoms with Crippen molar-refractivity contribution in [3.8, 4) is 0 Å². The van der Waals surface area contributed by atoms with Crippen LogP contribution in [0.2, 0.25) is 10.0 Å². The molecule has 0 spiro atoms. The van der Waals surface area contributed by atoms with Crippen molar-refractivity contribution in [3.63, 3.8) is 0 Å². The Morgan fingerprint density at radius 1 is 0.969 bits per heavy atom. The highest BCUT2D eigenvalue weighted by atomic mass is 35.5. The number of nitrogens with one attached hydrogen (secondary N) is 1. The number of nitrogens with zero attached hydrogens (tertiary/aromatic N) is 1. The highest BCUT2D eigenvalue weighted by Gasteiger charge is 2.27. The number of hydrogen-bond donors (Lipinski definition) is 1. The van der Waals surface area contributed by atoms with Crippen molar-refractivity contribution in [3.05, 3.63) is 99.5 Å². The van der Waals surface area contributed by atoms with Crippen molar-refractivity contribution in [1.29, 1.82) is 0 Å². The van der Waals surface area contributed by atoms with Gasteiger partial charge in [-0.2, -0.15) is 4.31 Å². The van der Waals surface area contributed by atoms with E-state index in [0.717, 1.165) is 16.7 Å². The van der Waals surface area contributed by atoms with Crippen molar-refractivity contribution in [2.45, 2.75) is 31.3 Å². The Morgan fingerprint density at radius 2 is 1.56 bits per heavy atom. The van der Waals surface area contributed by atoms with E-state index in [1.54, 1.807) is 12.1 Å². The lowest BCUT2D eigenvalue weighted by molar-refractivity contribution is -0.122. The molecule has 0 bridgehead atoms. The molecule has 1 amide bonds. The summed E-state index contributed by atoms with van der Waals surface area (Å²) in [4.78, 5) is 12.9. The average Bonchev–Trinajstić information content (AvgIpc) is 2.74. The molecule has 32 heavy (non-hydrogen) atoms. The maximum Gasteiger partial charge on any atom is 0.243 e. The van der Waals surface area contributed by atoms with Crippen LogP contribution in [-0.4, -0.2) is 25.2 Å². The van der Waals surface area contributed by atoms with Gasteiger partial charge in [0, 0.05) is 16.6 Å². The van der Waals surface area contributed by atoms with Crippen LogP contribution in [0.15, 0.2) is 77.7 Å². The van der Waals surface area contributed by atoms with Crippen LogP contribution in [0.4, 0.5) is 0 Å². The molecule has 1 N–H and O–H groups in total. The molecular formula is C24H24Cl2N2O3S. The zero-order chi connectivity index (χ0) is 23.3. The van der Waals surface area contributed by atoms with Gasteiger partial charge in [0.25, 0.3) is 0 Å². The zero-order valence-electron chi connectivity index (χ0n) is 17.8. The topological polar surface area (TPSA) is 66.5 Å². The van der Waals surface area contributed by atoms with Gasteiger partial charge in [0.15, 0.2) is 0 Å². The molecule has 168 valence electrons. The van der Waals surface area contributed by atoms with Gasteiger partial charge in [0.1, 0.15) is 0 Å². The first-order valence-electron chi connectivity index (χ1n) is 10.0. The summed E-state index contributed by atoms with van der Waals surface area (Å²) >= 11 is 11.8. The Hall–Kier alpha value is -2.38. The number of rotatable bonds is 8. The molecular weight excluding hydrogens is 467 g/mol. The molecule has 3 aromatic carbocycles. The molecule has 8 heteroatoms. The molecule has 0 unspecified atom stereocenters. The molecule has 0 aliphatic rings. The number of amides is 1. The van der Waals surface area contributed by atoms with E-state index in [0.29, 0.717) is 10.0 Å². The van der Waals surface area contributed by atoms with Crippen LogP contribution in [0, 0.1) is 6.92 Å². The lowest BCUT2D eigenvalue weighted by Crippen LogP contribution is -2.41. The van der Waals surface area contributed by atoms with Crippen molar-refractivity contribution in [1.82, 2.24) is 9.62 Å². The number of aryl methyl sites for hydroxylation is 1. The van der Waals surface area contributed by atoms with E-state index in [1.807, 2.05) is 50.2 Å². The third-order valence-electron chi connectivity index (χ3n) is 4.96. The fraction of sp³-hybridized carbons (Fsp3) is 0.208. The van der Waals surface area contributed by atoms with E-state index in [2.05, 4.69) is 5.32 Å². The first-order valence-corrected chi connectivity index (χ1v) is 12.2. The van der Waals surface area contributed by atoms with Gasteiger partial charge in [-0.25, -0.2) is 8.42 Å². The van der Waals surface area contributed by atoms with Crippen LogP contribution in [0.5, 0.6) is 0 Å². The molecule has 3 aromatic rings. The summed E-state index contributed by atoms with van der Waals surface area (Å²) in [5, 5.41) is 3.90. The standard InChI is InChI=1S/C24H24Cl2N2O3S/c1-17-4-3-5-19(14-17)15-28(32(30,31)23-12-10-22(26)11-13-23)16-24(29)27-18(2)20-6-8-21(25)9-7-20/h3-14,18H,15-16H2,1-2H3,(H,27,29)/t18-/m1/s1. The van der Waals surface area contributed by atoms with Crippen molar-refractivity contribution in [2.75, 3.05) is 6.54 Å². The van der Waals surface area contributed by atoms with Crippen molar-refractivity contribution in [2.24, 2.45) is 0 Å². The van der Waals surface area contributed by atoms with Crippen LogP contribution >= 0.6 is 23.2 Å². The summed E-state index contributed by atoms with van der Waals surface area (Å²) in [7, 11) is -3.93. The van der Waals surface area contributed by atoms with Crippen LogP contribution in [0.3, 0.4) is 0 Å². The Labute approximate surface area is 199 Å². The summed E-state index contributed by atoms with van der Waals surface area (Å²) in [6.45, 7) is 3.51. The summed E-state index contributed by atoms with van der Waals surface area (Å²) < 4.78 is 27.9. The number of sulfonamides is 1. The quantitative estimate of drug-likeness (QED) is 0.461. The summed E-state index contributed by atoms with van der Waals surface area (Å²) in [5.41, 5.74) is 2.67. The van der Waals surface area contributed by atoms with Gasteiger partial charge < -0.3 is 5.32 Å². The molecule has 0 fully saturated rings. The minimum Gasteiger partial charge on any atom is -0.348 e. The fourth-order valence-electron chi connectivity index (χ4n) is 3.28. The second-order valence-electron chi connectivity index (χ2n) is 7.56. The minimum atomic E-state index is -3.93. The summed E-state index contributed by atoms with van der Waals surface area (Å²) in [6, 6.07) is 20.3. The number of hydrogen-bond acceptors (Lipinski definition) is 3. The second-order valence-corrected chi connectivity index (χ2v) is 10.4. The summed E-state index contributed by atoms with van der Waals surface area (Å²) in [5.74, 6) is -0.405. The van der Waals surface area contributed by atoms with Crippen LogP contribution in [0.25, 0.3) is 0 Å². The van der Waals surface area contributed by atoms with Crippen molar-refractivity contribution < 1.29 is 13.2 Å². The van der Waals surface area contributed by atoms with E-state index in [1.165, 1.54) is 28.6 Å². The molecule has 0 aliphatic carbocycles. The number of carbonyl (C=O) groups excluding carboxylic acids is 1. The SMILES string of the molecule is Cc1cccc(CN(CC(=O)N[C@H](C)c2ccc(Cl)cc2)S(=O)(=O)c2ccc(Cl)cc2)c1. The second kappa shape index (κ2) is 10.5. The van der Waals surface area contributed by atoms with E-state index in [4.69, 9.17) is 23.2 Å². The molecule has 5 nitrogen and oxygen atoms in total. The Balaban J connectivity index is 1.83. The minimum absolute atomic E-state index is 0.0649. The molecule has 0 radical (unpaired) electrons. The van der Waals surface area contributed by atoms with E-state index in [-0.39, 0.29) is 24.0 Å². The maximum atomic E-state index is 13.3. The Kier molecular flexibility index (Phi) is 7.96. The van der Waals surface area contributed by atoms with E-state index in [9.17, 15) is 13.2 Å². The summed E-state index contributed by atoms with van der Waals surface area (Å²) in [6.07, 6.45) is 0. The van der Waals surface area contributed by atoms with Gasteiger partial charge >= 0.3 is 0 Å². The monoisotopic (exact) mass is 490 g/mol. The fourth-order valence-corrected chi connectivity index (χ4v) is 4.91.